The molecule has 0 aliphatic carbocycles. The Morgan fingerprint density at radius 2 is 2.07 bits per heavy atom. The van der Waals surface area contributed by atoms with Crippen molar-refractivity contribution in [1.82, 2.24) is 0 Å². The van der Waals surface area contributed by atoms with Crippen LogP contribution < -0.4 is 5.32 Å². The predicted octanol–water partition coefficient (Wildman–Crippen LogP) is 4.36. The molecule has 0 aliphatic heterocycles. The van der Waals surface area contributed by atoms with Crippen molar-refractivity contribution in [1.29, 1.82) is 0 Å². The summed E-state index contributed by atoms with van der Waals surface area (Å²) < 4.78 is 1.14. The molecule has 1 rings (SSSR count). The lowest BCUT2D eigenvalue weighted by Gasteiger charge is -2.15. The van der Waals surface area contributed by atoms with Gasteiger partial charge in [-0.3, -0.25) is 0 Å². The van der Waals surface area contributed by atoms with E-state index in [-0.39, 0.29) is 0 Å². The van der Waals surface area contributed by atoms with Crippen molar-refractivity contribution in [2.75, 3.05) is 5.32 Å². The van der Waals surface area contributed by atoms with Gasteiger partial charge in [-0.1, -0.05) is 29.3 Å². The highest BCUT2D eigenvalue weighted by Crippen LogP contribution is 2.20. The molecule has 78 valence electrons. The molecule has 1 nitrogen and oxygen atoms in total. The zero-order chi connectivity index (χ0) is 10.6. The number of aryl methyl sites for hydroxylation is 1. The van der Waals surface area contributed by atoms with Crippen LogP contribution in [0.1, 0.15) is 32.3 Å². The number of hydrogen-bond acceptors (Lipinski definition) is 1. The zero-order valence-corrected chi connectivity index (χ0v) is 10.7. The number of benzene rings is 1. The molecule has 1 atom stereocenters. The first-order valence-electron chi connectivity index (χ1n) is 5.15. The van der Waals surface area contributed by atoms with Crippen molar-refractivity contribution in [3.63, 3.8) is 0 Å². The fraction of sp³-hybridized carbons (Fsp3) is 0.500. The smallest absolute Gasteiger partial charge is 0.0356 e. The van der Waals surface area contributed by atoms with E-state index in [1.165, 1.54) is 24.1 Å². The van der Waals surface area contributed by atoms with Gasteiger partial charge in [0.2, 0.25) is 0 Å². The summed E-state index contributed by atoms with van der Waals surface area (Å²) in [7, 11) is 0. The van der Waals surface area contributed by atoms with E-state index in [4.69, 9.17) is 0 Å². The molecule has 0 aliphatic rings. The summed E-state index contributed by atoms with van der Waals surface area (Å²) in [6.45, 7) is 6.55. The molecule has 0 saturated carbocycles. The summed E-state index contributed by atoms with van der Waals surface area (Å²) in [5.41, 5.74) is 2.49. The van der Waals surface area contributed by atoms with E-state index >= 15 is 0 Å². The second kappa shape index (κ2) is 5.40. The SMILES string of the molecule is CCCC(C)Nc1cc(C)cc(Br)c1. The van der Waals surface area contributed by atoms with E-state index in [1.807, 2.05) is 0 Å². The lowest BCUT2D eigenvalue weighted by molar-refractivity contribution is 0.690. The van der Waals surface area contributed by atoms with Crippen LogP contribution in [-0.4, -0.2) is 6.04 Å². The molecular formula is C12H18BrN. The van der Waals surface area contributed by atoms with Crippen molar-refractivity contribution in [3.05, 3.63) is 28.2 Å². The Labute approximate surface area is 95.0 Å². The van der Waals surface area contributed by atoms with Gasteiger partial charge in [0.25, 0.3) is 0 Å². The third kappa shape index (κ3) is 3.70. The summed E-state index contributed by atoms with van der Waals surface area (Å²) in [6, 6.07) is 6.97. The summed E-state index contributed by atoms with van der Waals surface area (Å²) in [5, 5.41) is 3.49. The van der Waals surface area contributed by atoms with Gasteiger partial charge in [0.05, 0.1) is 0 Å². The Hall–Kier alpha value is -0.500. The van der Waals surface area contributed by atoms with Gasteiger partial charge >= 0.3 is 0 Å². The largest absolute Gasteiger partial charge is 0.383 e. The normalized spacial score (nSPS) is 12.6. The quantitative estimate of drug-likeness (QED) is 0.844. The van der Waals surface area contributed by atoms with Crippen LogP contribution in [0, 0.1) is 6.92 Å². The first-order chi connectivity index (χ1) is 6.61. The molecule has 0 radical (unpaired) electrons. The molecule has 1 N–H and O–H groups in total. The van der Waals surface area contributed by atoms with Gasteiger partial charge in [-0.2, -0.15) is 0 Å². The van der Waals surface area contributed by atoms with Crippen LogP contribution in [0.4, 0.5) is 5.69 Å². The van der Waals surface area contributed by atoms with Crippen LogP contribution in [0.2, 0.25) is 0 Å². The van der Waals surface area contributed by atoms with Crippen molar-refractivity contribution in [2.24, 2.45) is 0 Å². The summed E-state index contributed by atoms with van der Waals surface area (Å²) in [4.78, 5) is 0. The highest BCUT2D eigenvalue weighted by atomic mass is 79.9. The van der Waals surface area contributed by atoms with Gasteiger partial charge in [0.1, 0.15) is 0 Å². The van der Waals surface area contributed by atoms with Crippen molar-refractivity contribution >= 4 is 21.6 Å². The van der Waals surface area contributed by atoms with E-state index in [0.29, 0.717) is 6.04 Å². The van der Waals surface area contributed by atoms with Gasteiger partial charge in [-0.15, -0.1) is 0 Å². The predicted molar refractivity (Wildman–Crippen MR) is 66.9 cm³/mol. The fourth-order valence-electron chi connectivity index (χ4n) is 1.61. The van der Waals surface area contributed by atoms with Crippen molar-refractivity contribution in [2.45, 2.75) is 39.7 Å². The van der Waals surface area contributed by atoms with Crippen LogP contribution in [-0.2, 0) is 0 Å². The molecule has 1 aromatic rings. The average Bonchev–Trinajstić information content (AvgIpc) is 2.01. The van der Waals surface area contributed by atoms with Gasteiger partial charge in [0.15, 0.2) is 0 Å². The molecule has 0 saturated heterocycles. The van der Waals surface area contributed by atoms with Crippen LogP contribution in [0.15, 0.2) is 22.7 Å². The minimum Gasteiger partial charge on any atom is -0.383 e. The lowest BCUT2D eigenvalue weighted by Crippen LogP contribution is -2.14. The number of halogens is 1. The Bertz CT molecular complexity index is 276. The van der Waals surface area contributed by atoms with Crippen molar-refractivity contribution in [3.8, 4) is 0 Å². The van der Waals surface area contributed by atoms with E-state index in [9.17, 15) is 0 Å². The van der Waals surface area contributed by atoms with Gasteiger partial charge in [-0.25, -0.2) is 0 Å². The molecule has 14 heavy (non-hydrogen) atoms. The van der Waals surface area contributed by atoms with Crippen LogP contribution in [0.25, 0.3) is 0 Å². The molecule has 0 heterocycles. The Kier molecular flexibility index (Phi) is 4.46. The van der Waals surface area contributed by atoms with Crippen LogP contribution in [0.5, 0.6) is 0 Å². The maximum Gasteiger partial charge on any atom is 0.0356 e. The summed E-state index contributed by atoms with van der Waals surface area (Å²) in [6.07, 6.45) is 2.44. The first kappa shape index (κ1) is 11.6. The lowest BCUT2D eigenvalue weighted by atomic mass is 10.1. The maximum absolute atomic E-state index is 3.50. The Morgan fingerprint density at radius 1 is 1.36 bits per heavy atom. The molecular weight excluding hydrogens is 238 g/mol. The summed E-state index contributed by atoms with van der Waals surface area (Å²) >= 11 is 3.50. The standard InChI is InChI=1S/C12H18BrN/c1-4-5-10(3)14-12-7-9(2)6-11(13)8-12/h6-8,10,14H,4-5H2,1-3H3. The molecule has 0 amide bonds. The zero-order valence-electron chi connectivity index (χ0n) is 9.10. The topological polar surface area (TPSA) is 12.0 Å². The third-order valence-electron chi connectivity index (χ3n) is 2.18. The monoisotopic (exact) mass is 255 g/mol. The number of nitrogens with one attached hydrogen (secondary N) is 1. The van der Waals surface area contributed by atoms with E-state index in [1.54, 1.807) is 0 Å². The number of anilines is 1. The van der Waals surface area contributed by atoms with E-state index in [2.05, 4.69) is 60.2 Å². The molecule has 0 aromatic heterocycles. The number of rotatable bonds is 4. The molecule has 1 unspecified atom stereocenters. The minimum atomic E-state index is 0.550. The van der Waals surface area contributed by atoms with Gasteiger partial charge in [-0.05, 0) is 44.0 Å². The minimum absolute atomic E-state index is 0.550. The highest BCUT2D eigenvalue weighted by molar-refractivity contribution is 9.10. The molecule has 0 bridgehead atoms. The third-order valence-corrected chi connectivity index (χ3v) is 2.63. The van der Waals surface area contributed by atoms with Gasteiger partial charge < -0.3 is 5.32 Å². The summed E-state index contributed by atoms with van der Waals surface area (Å²) in [5.74, 6) is 0. The second-order valence-corrected chi connectivity index (χ2v) is 4.77. The molecule has 2 heteroatoms. The van der Waals surface area contributed by atoms with Crippen LogP contribution >= 0.6 is 15.9 Å². The number of hydrogen-bond donors (Lipinski definition) is 1. The second-order valence-electron chi connectivity index (χ2n) is 3.85. The first-order valence-corrected chi connectivity index (χ1v) is 5.95. The van der Waals surface area contributed by atoms with Crippen LogP contribution in [0.3, 0.4) is 0 Å². The van der Waals surface area contributed by atoms with Crippen molar-refractivity contribution < 1.29 is 0 Å². The Balaban J connectivity index is 2.66. The maximum atomic E-state index is 3.50. The average molecular weight is 256 g/mol. The Morgan fingerprint density at radius 3 is 2.64 bits per heavy atom. The van der Waals surface area contributed by atoms with E-state index in [0.717, 1.165) is 4.47 Å². The molecule has 0 fully saturated rings. The molecule has 1 aromatic carbocycles. The van der Waals surface area contributed by atoms with E-state index < -0.39 is 0 Å². The van der Waals surface area contributed by atoms with Gasteiger partial charge in [0, 0.05) is 16.2 Å². The molecule has 0 spiro atoms. The fourth-order valence-corrected chi connectivity index (χ4v) is 2.22. The highest BCUT2D eigenvalue weighted by Gasteiger charge is 2.01.